The van der Waals surface area contributed by atoms with Gasteiger partial charge >= 0.3 is 0 Å². The molecule has 0 heterocycles. The van der Waals surface area contributed by atoms with E-state index in [0.29, 0.717) is 23.2 Å². The predicted octanol–water partition coefficient (Wildman–Crippen LogP) is 6.89. The van der Waals surface area contributed by atoms with Gasteiger partial charge in [0.05, 0.1) is 6.61 Å². The molecule has 3 aliphatic carbocycles. The van der Waals surface area contributed by atoms with Crippen LogP contribution in [0.2, 0.25) is 0 Å². The fourth-order valence-corrected chi connectivity index (χ4v) is 6.21. The molecule has 0 amide bonds. The van der Waals surface area contributed by atoms with Gasteiger partial charge in [0, 0.05) is 0 Å². The van der Waals surface area contributed by atoms with Crippen LogP contribution in [0.25, 0.3) is 0 Å². The fraction of sp³-hybridized carbons (Fsp3) is 0.760. The summed E-state index contributed by atoms with van der Waals surface area (Å²) in [5.74, 6) is 4.78. The van der Waals surface area contributed by atoms with Gasteiger partial charge in [0.1, 0.15) is 5.75 Å². The number of hydrogen-bond acceptors (Lipinski definition) is 2. The van der Waals surface area contributed by atoms with E-state index in [4.69, 9.17) is 9.47 Å². The van der Waals surface area contributed by atoms with Crippen LogP contribution >= 0.6 is 0 Å². The number of benzene rings is 1. The highest BCUT2D eigenvalue weighted by Crippen LogP contribution is 2.75. The quantitative estimate of drug-likeness (QED) is 0.486. The molecular formula is C25H38O2. The number of hydrogen-bond donors (Lipinski definition) is 0. The Kier molecular flexibility index (Phi) is 5.31. The van der Waals surface area contributed by atoms with Crippen LogP contribution in [0, 0.1) is 23.2 Å². The summed E-state index contributed by atoms with van der Waals surface area (Å²) in [5.41, 5.74) is 3.55. The Morgan fingerprint density at radius 3 is 2.48 bits per heavy atom. The normalized spacial score (nSPS) is 30.1. The lowest BCUT2D eigenvalue weighted by Gasteiger charge is -2.25. The van der Waals surface area contributed by atoms with Crippen molar-refractivity contribution < 1.29 is 9.47 Å². The van der Waals surface area contributed by atoms with Crippen molar-refractivity contribution in [3.05, 3.63) is 29.3 Å². The van der Waals surface area contributed by atoms with Crippen LogP contribution in [0.15, 0.2) is 18.2 Å². The van der Waals surface area contributed by atoms with Gasteiger partial charge in [-0.1, -0.05) is 65.9 Å². The lowest BCUT2D eigenvalue weighted by atomic mass is 9.81. The third-order valence-electron chi connectivity index (χ3n) is 7.67. The third kappa shape index (κ3) is 3.67. The summed E-state index contributed by atoms with van der Waals surface area (Å²) >= 11 is 0. The lowest BCUT2D eigenvalue weighted by molar-refractivity contribution is -0.0711. The maximum absolute atomic E-state index is 6.14. The van der Waals surface area contributed by atoms with E-state index in [1.165, 1.54) is 44.1 Å². The highest BCUT2D eigenvalue weighted by molar-refractivity contribution is 5.52. The van der Waals surface area contributed by atoms with Gasteiger partial charge in [-0.25, -0.2) is 0 Å². The van der Waals surface area contributed by atoms with Crippen LogP contribution in [0.3, 0.4) is 0 Å². The Bertz CT molecular complexity index is 656. The predicted molar refractivity (Wildman–Crippen MR) is 111 cm³/mol. The van der Waals surface area contributed by atoms with E-state index in [0.717, 1.165) is 24.2 Å². The van der Waals surface area contributed by atoms with E-state index >= 15 is 0 Å². The number of ether oxygens (including phenoxy) is 2. The minimum Gasteiger partial charge on any atom is -0.465 e. The van der Waals surface area contributed by atoms with Crippen molar-refractivity contribution in [1.82, 2.24) is 0 Å². The zero-order valence-corrected chi connectivity index (χ0v) is 18.0. The van der Waals surface area contributed by atoms with Gasteiger partial charge in [0.25, 0.3) is 0 Å². The molecule has 0 spiro atoms. The Morgan fingerprint density at radius 2 is 1.78 bits per heavy atom. The molecule has 2 saturated carbocycles. The summed E-state index contributed by atoms with van der Waals surface area (Å²) < 4.78 is 12.1. The molecule has 27 heavy (non-hydrogen) atoms. The second kappa shape index (κ2) is 7.43. The van der Waals surface area contributed by atoms with Gasteiger partial charge in [-0.3, -0.25) is 0 Å². The molecular weight excluding hydrogens is 332 g/mol. The minimum atomic E-state index is -0.169. The van der Waals surface area contributed by atoms with E-state index in [2.05, 4.69) is 45.9 Å². The first-order valence-corrected chi connectivity index (χ1v) is 11.3. The van der Waals surface area contributed by atoms with Gasteiger partial charge in [0.15, 0.2) is 6.29 Å². The van der Waals surface area contributed by atoms with Crippen molar-refractivity contribution in [3.8, 4) is 5.75 Å². The van der Waals surface area contributed by atoms with E-state index in [-0.39, 0.29) is 6.29 Å². The molecule has 4 rings (SSSR count). The Morgan fingerprint density at radius 1 is 1.04 bits per heavy atom. The summed E-state index contributed by atoms with van der Waals surface area (Å²) in [7, 11) is 0. The topological polar surface area (TPSA) is 18.5 Å². The molecule has 4 unspecified atom stereocenters. The molecule has 0 N–H and O–H groups in total. The minimum absolute atomic E-state index is 0.169. The van der Waals surface area contributed by atoms with E-state index in [9.17, 15) is 0 Å². The maximum Gasteiger partial charge on any atom is 0.196 e. The smallest absolute Gasteiger partial charge is 0.196 e. The molecule has 0 radical (unpaired) electrons. The first-order valence-electron chi connectivity index (χ1n) is 11.3. The second-order valence-electron chi connectivity index (χ2n) is 10.2. The molecule has 2 heteroatoms. The Balaban J connectivity index is 1.35. The summed E-state index contributed by atoms with van der Waals surface area (Å²) in [5, 5.41) is 0. The van der Waals surface area contributed by atoms with E-state index < -0.39 is 0 Å². The van der Waals surface area contributed by atoms with Crippen LogP contribution < -0.4 is 4.74 Å². The molecule has 0 aliphatic heterocycles. The van der Waals surface area contributed by atoms with Gasteiger partial charge in [-0.2, -0.15) is 0 Å². The molecule has 150 valence electrons. The van der Waals surface area contributed by atoms with Crippen molar-refractivity contribution in [2.45, 2.75) is 91.3 Å². The average molecular weight is 371 g/mol. The van der Waals surface area contributed by atoms with Gasteiger partial charge in [-0.05, 0) is 71.6 Å². The van der Waals surface area contributed by atoms with Crippen LogP contribution in [-0.2, 0) is 4.74 Å². The molecule has 0 saturated heterocycles. The Labute approximate surface area is 166 Å². The van der Waals surface area contributed by atoms with E-state index in [1.807, 2.05) is 6.92 Å². The average Bonchev–Trinajstić information content (AvgIpc) is 3.00. The van der Waals surface area contributed by atoms with Crippen molar-refractivity contribution in [1.29, 1.82) is 0 Å². The first kappa shape index (κ1) is 19.3. The van der Waals surface area contributed by atoms with Crippen molar-refractivity contribution in [2.75, 3.05) is 6.61 Å². The largest absolute Gasteiger partial charge is 0.465 e. The SMILES string of the molecule is CC(OCCC1CCCCC1)Oc1ccc2c(c1)C1C(C2C(C)C)C1(C)C. The molecule has 3 aliphatic rings. The number of fused-ring (bicyclic) bond motifs is 3. The van der Waals surface area contributed by atoms with Crippen LogP contribution in [0.1, 0.15) is 96.1 Å². The molecule has 1 aromatic carbocycles. The zero-order chi connectivity index (χ0) is 19.2. The summed E-state index contributed by atoms with van der Waals surface area (Å²) in [6, 6.07) is 6.80. The first-order chi connectivity index (χ1) is 12.9. The number of rotatable bonds is 7. The monoisotopic (exact) mass is 370 g/mol. The van der Waals surface area contributed by atoms with E-state index in [1.54, 1.807) is 5.56 Å². The highest BCUT2D eigenvalue weighted by Gasteiger charge is 2.66. The molecule has 1 aromatic rings. The summed E-state index contributed by atoms with van der Waals surface area (Å²) in [6.07, 6.45) is 8.02. The lowest BCUT2D eigenvalue weighted by Crippen LogP contribution is -2.19. The van der Waals surface area contributed by atoms with Crippen molar-refractivity contribution in [2.24, 2.45) is 23.2 Å². The standard InChI is InChI=1S/C25H38O2/c1-16(2)22-20-12-11-19(15-21(20)23-24(22)25(23,4)5)27-17(3)26-14-13-18-9-7-6-8-10-18/h11-12,15-18,22-24H,6-10,13-14H2,1-5H3. The highest BCUT2D eigenvalue weighted by atomic mass is 16.7. The van der Waals surface area contributed by atoms with Gasteiger partial charge in [-0.15, -0.1) is 0 Å². The maximum atomic E-state index is 6.14. The van der Waals surface area contributed by atoms with Gasteiger partial charge < -0.3 is 9.47 Å². The molecule has 2 nitrogen and oxygen atoms in total. The van der Waals surface area contributed by atoms with Crippen molar-refractivity contribution in [3.63, 3.8) is 0 Å². The summed E-state index contributed by atoms with van der Waals surface area (Å²) in [4.78, 5) is 0. The second-order valence-corrected chi connectivity index (χ2v) is 10.2. The third-order valence-corrected chi connectivity index (χ3v) is 7.67. The fourth-order valence-electron chi connectivity index (χ4n) is 6.21. The molecule has 4 atom stereocenters. The molecule has 0 aromatic heterocycles. The molecule has 0 bridgehead atoms. The molecule has 2 fully saturated rings. The van der Waals surface area contributed by atoms with Crippen molar-refractivity contribution >= 4 is 0 Å². The zero-order valence-electron chi connectivity index (χ0n) is 18.0. The van der Waals surface area contributed by atoms with Crippen LogP contribution in [-0.4, -0.2) is 12.9 Å². The van der Waals surface area contributed by atoms with Crippen LogP contribution in [0.4, 0.5) is 0 Å². The Hall–Kier alpha value is -1.02. The van der Waals surface area contributed by atoms with Crippen LogP contribution in [0.5, 0.6) is 5.75 Å². The van der Waals surface area contributed by atoms with Gasteiger partial charge in [0.2, 0.25) is 0 Å². The summed E-state index contributed by atoms with van der Waals surface area (Å²) in [6.45, 7) is 12.5.